The predicted octanol–water partition coefficient (Wildman–Crippen LogP) is 6.14. The highest BCUT2D eigenvalue weighted by molar-refractivity contribution is 6.31. The van der Waals surface area contributed by atoms with Crippen LogP contribution in [0.4, 0.5) is 0 Å². The molecule has 36 heavy (non-hydrogen) atoms. The molecule has 0 bridgehead atoms. The van der Waals surface area contributed by atoms with Crippen molar-refractivity contribution in [3.63, 3.8) is 0 Å². The van der Waals surface area contributed by atoms with Crippen molar-refractivity contribution in [3.8, 4) is 0 Å². The summed E-state index contributed by atoms with van der Waals surface area (Å²) in [7, 11) is 0. The molecular weight excluding hydrogens is 472 g/mol. The van der Waals surface area contributed by atoms with E-state index in [-0.39, 0.29) is 11.6 Å². The standard InChI is InChI=1S/C28H33ClN6O/c1-3-26(27-31-32-33-35(27)23-10-5-4-6-11-23)34(17-20-9-7-8-12-24(20)29)18-22-16-21-15-19(2)13-14-25(21)30-28(22)36/h7-9,12-16,23,26H,3-6,10-11,17-18H2,1-2H3,(H,30,36)/t26-/m0/s1. The normalized spacial score (nSPS) is 15.6. The molecule has 0 saturated heterocycles. The number of benzene rings is 2. The molecular formula is C28H33ClN6O. The van der Waals surface area contributed by atoms with Crippen LogP contribution in [0.25, 0.3) is 10.9 Å². The van der Waals surface area contributed by atoms with E-state index in [1.165, 1.54) is 19.3 Å². The van der Waals surface area contributed by atoms with Crippen LogP contribution >= 0.6 is 11.6 Å². The number of rotatable bonds is 8. The Morgan fingerprint density at radius 3 is 2.64 bits per heavy atom. The Hall–Kier alpha value is -3.03. The number of tetrazole rings is 1. The van der Waals surface area contributed by atoms with Crippen LogP contribution in [0.5, 0.6) is 0 Å². The Bertz CT molecular complexity index is 1390. The fourth-order valence-corrected chi connectivity index (χ4v) is 5.63. The highest BCUT2D eigenvalue weighted by Crippen LogP contribution is 2.33. The highest BCUT2D eigenvalue weighted by atomic mass is 35.5. The Balaban J connectivity index is 1.54. The molecule has 1 atom stereocenters. The van der Waals surface area contributed by atoms with Gasteiger partial charge in [0.1, 0.15) is 0 Å². The Kier molecular flexibility index (Phi) is 7.48. The smallest absolute Gasteiger partial charge is 0.252 e. The zero-order chi connectivity index (χ0) is 25.1. The van der Waals surface area contributed by atoms with E-state index in [0.29, 0.717) is 24.2 Å². The lowest BCUT2D eigenvalue weighted by atomic mass is 9.95. The summed E-state index contributed by atoms with van der Waals surface area (Å²) in [5.41, 5.74) is 3.67. The van der Waals surface area contributed by atoms with E-state index in [0.717, 1.165) is 52.7 Å². The summed E-state index contributed by atoms with van der Waals surface area (Å²) >= 11 is 6.58. The number of hydrogen-bond donors (Lipinski definition) is 1. The zero-order valence-corrected chi connectivity index (χ0v) is 21.7. The lowest BCUT2D eigenvalue weighted by Gasteiger charge is -2.32. The van der Waals surface area contributed by atoms with Gasteiger partial charge in [0.25, 0.3) is 5.56 Å². The van der Waals surface area contributed by atoms with E-state index < -0.39 is 0 Å². The topological polar surface area (TPSA) is 79.7 Å². The first-order valence-corrected chi connectivity index (χ1v) is 13.3. The monoisotopic (exact) mass is 504 g/mol. The molecule has 7 nitrogen and oxygen atoms in total. The molecule has 2 heterocycles. The van der Waals surface area contributed by atoms with Crippen molar-refractivity contribution in [2.45, 2.75) is 77.5 Å². The first kappa shape index (κ1) is 24.7. The van der Waals surface area contributed by atoms with Gasteiger partial charge >= 0.3 is 0 Å². The molecule has 5 rings (SSSR count). The second kappa shape index (κ2) is 10.9. The largest absolute Gasteiger partial charge is 0.322 e. The van der Waals surface area contributed by atoms with E-state index >= 15 is 0 Å². The van der Waals surface area contributed by atoms with E-state index in [1.807, 2.05) is 47.1 Å². The average molecular weight is 505 g/mol. The second-order valence-electron chi connectivity index (χ2n) is 9.91. The molecule has 0 spiro atoms. The van der Waals surface area contributed by atoms with Gasteiger partial charge in [0, 0.05) is 29.2 Å². The summed E-state index contributed by atoms with van der Waals surface area (Å²) in [4.78, 5) is 18.5. The minimum atomic E-state index is -0.0720. The molecule has 2 aromatic carbocycles. The lowest BCUT2D eigenvalue weighted by Crippen LogP contribution is -2.33. The van der Waals surface area contributed by atoms with Gasteiger partial charge in [0.05, 0.1) is 12.1 Å². The molecule has 1 fully saturated rings. The van der Waals surface area contributed by atoms with Gasteiger partial charge in [0.15, 0.2) is 5.82 Å². The number of pyridine rings is 1. The van der Waals surface area contributed by atoms with E-state index in [4.69, 9.17) is 11.6 Å². The van der Waals surface area contributed by atoms with Crippen LogP contribution < -0.4 is 5.56 Å². The molecule has 1 N–H and O–H groups in total. The van der Waals surface area contributed by atoms with Crippen molar-refractivity contribution < 1.29 is 0 Å². The number of H-pyrrole nitrogens is 1. The molecule has 2 aromatic heterocycles. The van der Waals surface area contributed by atoms with Crippen LogP contribution in [0.3, 0.4) is 0 Å². The zero-order valence-electron chi connectivity index (χ0n) is 21.0. The molecule has 0 amide bonds. The predicted molar refractivity (Wildman–Crippen MR) is 143 cm³/mol. The van der Waals surface area contributed by atoms with Crippen LogP contribution in [0.15, 0.2) is 53.3 Å². The van der Waals surface area contributed by atoms with Gasteiger partial charge in [-0.15, -0.1) is 5.10 Å². The maximum atomic E-state index is 13.1. The quantitative estimate of drug-likeness (QED) is 0.312. The molecule has 1 aliphatic rings. The minimum Gasteiger partial charge on any atom is -0.322 e. The van der Waals surface area contributed by atoms with Crippen LogP contribution in [-0.4, -0.2) is 30.1 Å². The van der Waals surface area contributed by atoms with Crippen molar-refractivity contribution in [2.75, 3.05) is 0 Å². The lowest BCUT2D eigenvalue weighted by molar-refractivity contribution is 0.155. The Labute approximate surface area is 216 Å². The maximum absolute atomic E-state index is 13.1. The van der Waals surface area contributed by atoms with Crippen LogP contribution in [-0.2, 0) is 13.1 Å². The third kappa shape index (κ3) is 5.22. The van der Waals surface area contributed by atoms with Gasteiger partial charge in [-0.05, 0) is 71.8 Å². The Morgan fingerprint density at radius 1 is 1.08 bits per heavy atom. The van der Waals surface area contributed by atoms with Gasteiger partial charge in [-0.1, -0.05) is 67.6 Å². The van der Waals surface area contributed by atoms with Gasteiger partial charge in [-0.25, -0.2) is 4.68 Å². The van der Waals surface area contributed by atoms with Crippen molar-refractivity contribution in [3.05, 3.63) is 86.4 Å². The summed E-state index contributed by atoms with van der Waals surface area (Å²) in [5.74, 6) is 0.865. The number of aryl methyl sites for hydroxylation is 1. The van der Waals surface area contributed by atoms with Crippen molar-refractivity contribution in [2.24, 2.45) is 0 Å². The van der Waals surface area contributed by atoms with Crippen molar-refractivity contribution >= 4 is 22.5 Å². The molecule has 4 aromatic rings. The van der Waals surface area contributed by atoms with Crippen molar-refractivity contribution in [1.82, 2.24) is 30.1 Å². The summed E-state index contributed by atoms with van der Waals surface area (Å²) in [6, 6.07) is 16.2. The van der Waals surface area contributed by atoms with Gasteiger partial charge < -0.3 is 4.98 Å². The number of nitrogens with one attached hydrogen (secondary N) is 1. The number of aromatic amines is 1. The third-order valence-corrected chi connectivity index (χ3v) is 7.71. The molecule has 8 heteroatoms. The third-order valence-electron chi connectivity index (χ3n) is 7.35. The summed E-state index contributed by atoms with van der Waals surface area (Å²) in [6.45, 7) is 5.26. The molecule has 1 saturated carbocycles. The summed E-state index contributed by atoms with van der Waals surface area (Å²) in [5, 5.41) is 14.8. The molecule has 0 aliphatic heterocycles. The fourth-order valence-electron chi connectivity index (χ4n) is 5.44. The fraction of sp³-hybridized carbons (Fsp3) is 0.429. The van der Waals surface area contributed by atoms with Gasteiger partial charge in [-0.3, -0.25) is 9.69 Å². The maximum Gasteiger partial charge on any atom is 0.252 e. The summed E-state index contributed by atoms with van der Waals surface area (Å²) in [6.07, 6.45) is 6.69. The molecule has 0 radical (unpaired) electrons. The van der Waals surface area contributed by atoms with Gasteiger partial charge in [0.2, 0.25) is 0 Å². The van der Waals surface area contributed by atoms with Crippen molar-refractivity contribution in [1.29, 1.82) is 0 Å². The number of hydrogen-bond acceptors (Lipinski definition) is 5. The first-order chi connectivity index (χ1) is 17.5. The van der Waals surface area contributed by atoms with Crippen LogP contribution in [0.2, 0.25) is 5.02 Å². The second-order valence-corrected chi connectivity index (χ2v) is 10.3. The van der Waals surface area contributed by atoms with Gasteiger partial charge in [-0.2, -0.15) is 0 Å². The van der Waals surface area contributed by atoms with E-state index in [9.17, 15) is 4.79 Å². The minimum absolute atomic E-state index is 0.0641. The van der Waals surface area contributed by atoms with E-state index in [1.54, 1.807) is 0 Å². The van der Waals surface area contributed by atoms with Crippen LogP contribution in [0.1, 0.15) is 80.0 Å². The molecule has 188 valence electrons. The molecule has 0 unspecified atom stereocenters. The highest BCUT2D eigenvalue weighted by Gasteiger charge is 2.29. The van der Waals surface area contributed by atoms with Crippen LogP contribution in [0, 0.1) is 6.92 Å². The first-order valence-electron chi connectivity index (χ1n) is 12.9. The number of fused-ring (bicyclic) bond motifs is 1. The average Bonchev–Trinajstić information content (AvgIpc) is 3.36. The number of halogens is 1. The number of aromatic nitrogens is 5. The van der Waals surface area contributed by atoms with E-state index in [2.05, 4.69) is 45.3 Å². The number of nitrogens with zero attached hydrogens (tertiary/aromatic N) is 5. The SMILES string of the molecule is CC[C@@H](c1nnnn1C1CCCCC1)N(Cc1ccccc1Cl)Cc1cc2cc(C)ccc2[nH]c1=O. The molecule has 1 aliphatic carbocycles. The summed E-state index contributed by atoms with van der Waals surface area (Å²) < 4.78 is 2.04. The Morgan fingerprint density at radius 2 is 1.86 bits per heavy atom.